The summed E-state index contributed by atoms with van der Waals surface area (Å²) in [4.78, 5) is 16.6. The van der Waals surface area contributed by atoms with Gasteiger partial charge in [-0.3, -0.25) is 9.69 Å². The van der Waals surface area contributed by atoms with E-state index in [1.165, 1.54) is 0 Å². The Hall–Kier alpha value is -0.650. The van der Waals surface area contributed by atoms with Crippen molar-refractivity contribution in [3.8, 4) is 0 Å². The molecule has 0 saturated carbocycles. The molecule has 0 bridgehead atoms. The summed E-state index contributed by atoms with van der Waals surface area (Å²) in [6, 6.07) is 0. The Bertz CT molecular complexity index is 280. The molecular weight excluding hydrogens is 242 g/mol. The first-order valence-corrected chi connectivity index (χ1v) is 7.61. The predicted octanol–water partition coefficient (Wildman–Crippen LogP) is -0.0973. The third-order valence-corrected chi connectivity index (χ3v) is 4.28. The van der Waals surface area contributed by atoms with Gasteiger partial charge in [-0.05, 0) is 44.8 Å². The lowest BCUT2D eigenvalue weighted by atomic mass is 9.94. The first-order valence-electron chi connectivity index (χ1n) is 7.61. The fourth-order valence-corrected chi connectivity index (χ4v) is 3.05. The first kappa shape index (κ1) is 14.8. The summed E-state index contributed by atoms with van der Waals surface area (Å²) >= 11 is 0. The second-order valence-electron chi connectivity index (χ2n) is 5.70. The maximum absolute atomic E-state index is 12.3. The summed E-state index contributed by atoms with van der Waals surface area (Å²) in [6.07, 6.45) is 4.02. The summed E-state index contributed by atoms with van der Waals surface area (Å²) in [7, 11) is 0. The molecule has 0 spiro atoms. The molecule has 5 heteroatoms. The maximum Gasteiger partial charge on any atom is 0.222 e. The van der Waals surface area contributed by atoms with E-state index in [1.807, 2.05) is 4.90 Å². The van der Waals surface area contributed by atoms with Crippen LogP contribution in [-0.4, -0.2) is 73.2 Å². The highest BCUT2D eigenvalue weighted by Crippen LogP contribution is 2.17. The van der Waals surface area contributed by atoms with Crippen LogP contribution < -0.4 is 5.32 Å². The minimum atomic E-state index is 0.211. The molecule has 5 nitrogen and oxygen atoms in total. The second-order valence-corrected chi connectivity index (χ2v) is 5.70. The average molecular weight is 269 g/mol. The Labute approximate surface area is 115 Å². The molecule has 0 unspecified atom stereocenters. The topological polar surface area (TPSA) is 55.8 Å². The average Bonchev–Trinajstić information content (AvgIpc) is 2.66. The van der Waals surface area contributed by atoms with Gasteiger partial charge in [-0.15, -0.1) is 0 Å². The Balaban J connectivity index is 1.75. The van der Waals surface area contributed by atoms with E-state index in [0.717, 1.165) is 71.5 Å². The highest BCUT2D eigenvalue weighted by atomic mass is 16.3. The van der Waals surface area contributed by atoms with Crippen LogP contribution in [0.2, 0.25) is 0 Å². The van der Waals surface area contributed by atoms with E-state index in [-0.39, 0.29) is 6.61 Å². The molecule has 110 valence electrons. The maximum atomic E-state index is 12.3. The van der Waals surface area contributed by atoms with E-state index < -0.39 is 0 Å². The molecule has 1 amide bonds. The largest absolute Gasteiger partial charge is 0.395 e. The summed E-state index contributed by atoms with van der Waals surface area (Å²) in [5.74, 6) is 0.906. The highest BCUT2D eigenvalue weighted by molar-refractivity contribution is 5.76. The zero-order valence-electron chi connectivity index (χ0n) is 11.8. The van der Waals surface area contributed by atoms with Gasteiger partial charge in [0.2, 0.25) is 5.91 Å². The van der Waals surface area contributed by atoms with Gasteiger partial charge in [0, 0.05) is 32.6 Å². The van der Waals surface area contributed by atoms with Crippen LogP contribution in [0.1, 0.15) is 25.7 Å². The van der Waals surface area contributed by atoms with Gasteiger partial charge in [0.1, 0.15) is 0 Å². The molecule has 0 aromatic rings. The Morgan fingerprint density at radius 1 is 1.16 bits per heavy atom. The van der Waals surface area contributed by atoms with E-state index in [2.05, 4.69) is 10.2 Å². The number of amides is 1. The molecule has 2 saturated heterocycles. The number of nitrogens with zero attached hydrogens (tertiary/aromatic N) is 2. The second kappa shape index (κ2) is 7.82. The SMILES string of the molecule is O=C(CC1CCNCC1)N1CCCN(CCO)CC1. The van der Waals surface area contributed by atoms with Gasteiger partial charge in [-0.2, -0.15) is 0 Å². The molecular formula is C14H27N3O2. The van der Waals surface area contributed by atoms with E-state index in [1.54, 1.807) is 0 Å². The van der Waals surface area contributed by atoms with Gasteiger partial charge in [-0.1, -0.05) is 0 Å². The Morgan fingerprint density at radius 2 is 1.95 bits per heavy atom. The van der Waals surface area contributed by atoms with Crippen molar-refractivity contribution >= 4 is 5.91 Å². The molecule has 2 fully saturated rings. The van der Waals surface area contributed by atoms with Crippen LogP contribution in [0.25, 0.3) is 0 Å². The van der Waals surface area contributed by atoms with Crippen LogP contribution >= 0.6 is 0 Å². The summed E-state index contributed by atoms with van der Waals surface area (Å²) in [5, 5.41) is 12.3. The van der Waals surface area contributed by atoms with Crippen molar-refractivity contribution in [1.29, 1.82) is 0 Å². The molecule has 2 heterocycles. The molecule has 19 heavy (non-hydrogen) atoms. The summed E-state index contributed by atoms with van der Waals surface area (Å²) in [5.41, 5.74) is 0. The third kappa shape index (κ3) is 4.75. The third-order valence-electron chi connectivity index (χ3n) is 4.28. The van der Waals surface area contributed by atoms with E-state index in [4.69, 9.17) is 5.11 Å². The monoisotopic (exact) mass is 269 g/mol. The first-order chi connectivity index (χ1) is 9.29. The van der Waals surface area contributed by atoms with Crippen LogP contribution in [0.5, 0.6) is 0 Å². The van der Waals surface area contributed by atoms with Crippen molar-refractivity contribution in [3.05, 3.63) is 0 Å². The van der Waals surface area contributed by atoms with Crippen LogP contribution in [0.15, 0.2) is 0 Å². The number of aliphatic hydroxyl groups excluding tert-OH is 1. The van der Waals surface area contributed by atoms with Gasteiger partial charge in [0.15, 0.2) is 0 Å². The van der Waals surface area contributed by atoms with E-state index in [9.17, 15) is 4.79 Å². The highest BCUT2D eigenvalue weighted by Gasteiger charge is 2.22. The molecule has 0 aromatic heterocycles. The molecule has 2 rings (SSSR count). The van der Waals surface area contributed by atoms with Crippen molar-refractivity contribution in [2.75, 3.05) is 52.4 Å². The number of piperidine rings is 1. The number of aliphatic hydroxyl groups is 1. The Morgan fingerprint density at radius 3 is 2.68 bits per heavy atom. The molecule has 0 aliphatic carbocycles. The smallest absolute Gasteiger partial charge is 0.222 e. The van der Waals surface area contributed by atoms with Crippen molar-refractivity contribution < 1.29 is 9.90 Å². The number of hydrogen-bond donors (Lipinski definition) is 2. The van der Waals surface area contributed by atoms with Crippen LogP contribution in [0, 0.1) is 5.92 Å². The van der Waals surface area contributed by atoms with E-state index >= 15 is 0 Å². The normalized spacial score (nSPS) is 23.3. The molecule has 2 aliphatic heterocycles. The molecule has 0 atom stereocenters. The van der Waals surface area contributed by atoms with Gasteiger partial charge in [0.05, 0.1) is 6.61 Å². The zero-order chi connectivity index (χ0) is 13.5. The molecule has 2 aliphatic rings. The quantitative estimate of drug-likeness (QED) is 0.748. The minimum Gasteiger partial charge on any atom is -0.395 e. The number of hydrogen-bond acceptors (Lipinski definition) is 4. The van der Waals surface area contributed by atoms with Crippen molar-refractivity contribution in [3.63, 3.8) is 0 Å². The number of nitrogens with one attached hydrogen (secondary N) is 1. The van der Waals surface area contributed by atoms with Gasteiger partial charge < -0.3 is 15.3 Å². The van der Waals surface area contributed by atoms with Crippen LogP contribution in [0.3, 0.4) is 0 Å². The lowest BCUT2D eigenvalue weighted by Crippen LogP contribution is -2.38. The lowest BCUT2D eigenvalue weighted by Gasteiger charge is -2.26. The van der Waals surface area contributed by atoms with Gasteiger partial charge in [0.25, 0.3) is 0 Å². The van der Waals surface area contributed by atoms with E-state index in [0.29, 0.717) is 11.8 Å². The van der Waals surface area contributed by atoms with Gasteiger partial charge in [-0.25, -0.2) is 0 Å². The molecule has 0 aromatic carbocycles. The Kier molecular flexibility index (Phi) is 6.07. The lowest BCUT2D eigenvalue weighted by molar-refractivity contribution is -0.132. The fraction of sp³-hybridized carbons (Fsp3) is 0.929. The number of carbonyl (C=O) groups is 1. The predicted molar refractivity (Wildman–Crippen MR) is 74.9 cm³/mol. The van der Waals surface area contributed by atoms with Crippen molar-refractivity contribution in [1.82, 2.24) is 15.1 Å². The number of rotatable bonds is 4. The van der Waals surface area contributed by atoms with Crippen LogP contribution in [0.4, 0.5) is 0 Å². The van der Waals surface area contributed by atoms with Crippen LogP contribution in [-0.2, 0) is 4.79 Å². The summed E-state index contributed by atoms with van der Waals surface area (Å²) in [6.45, 7) is 6.66. The zero-order valence-corrected chi connectivity index (χ0v) is 11.8. The summed E-state index contributed by atoms with van der Waals surface area (Å²) < 4.78 is 0. The van der Waals surface area contributed by atoms with Crippen molar-refractivity contribution in [2.24, 2.45) is 5.92 Å². The van der Waals surface area contributed by atoms with Gasteiger partial charge >= 0.3 is 0 Å². The minimum absolute atomic E-state index is 0.211. The number of carbonyl (C=O) groups excluding carboxylic acids is 1. The van der Waals surface area contributed by atoms with Crippen molar-refractivity contribution in [2.45, 2.75) is 25.7 Å². The molecule has 0 radical (unpaired) electrons. The molecule has 2 N–H and O–H groups in total. The fourth-order valence-electron chi connectivity index (χ4n) is 3.05. The number of β-amino-alcohol motifs (C(OH)–C–C–N with tert-alkyl or cyclic N) is 1. The standard InChI is InChI=1S/C14H27N3O2/c18-11-10-16-6-1-7-17(9-8-16)14(19)12-13-2-4-15-5-3-13/h13,15,18H,1-12H2.